The predicted molar refractivity (Wildman–Crippen MR) is 68.5 cm³/mol. The first kappa shape index (κ1) is 10.9. The highest BCUT2D eigenvalue weighted by molar-refractivity contribution is 5.63. The van der Waals surface area contributed by atoms with Crippen molar-refractivity contribution in [3.05, 3.63) is 53.7 Å². The van der Waals surface area contributed by atoms with Crippen LogP contribution < -0.4 is 0 Å². The second-order valence-electron chi connectivity index (χ2n) is 4.41. The molecule has 2 aromatic rings. The zero-order valence-corrected chi connectivity index (χ0v) is 10.1. The molecule has 16 heavy (non-hydrogen) atoms. The second-order valence-corrected chi connectivity index (χ2v) is 4.41. The lowest BCUT2D eigenvalue weighted by molar-refractivity contribution is 0.859. The molecule has 0 radical (unpaired) electrons. The molecule has 1 heteroatoms. The van der Waals surface area contributed by atoms with E-state index in [2.05, 4.69) is 55.2 Å². The topological polar surface area (TPSA) is 12.9 Å². The first-order valence-electron chi connectivity index (χ1n) is 5.71. The molecule has 82 valence electrons. The number of hydrogen-bond acceptors (Lipinski definition) is 1. The molecule has 1 aromatic carbocycles. The summed E-state index contributed by atoms with van der Waals surface area (Å²) in [7, 11) is 0. The van der Waals surface area contributed by atoms with Crippen molar-refractivity contribution in [3.63, 3.8) is 0 Å². The molecule has 1 nitrogen and oxygen atoms in total. The van der Waals surface area contributed by atoms with Crippen LogP contribution in [-0.2, 0) is 0 Å². The van der Waals surface area contributed by atoms with Crippen molar-refractivity contribution >= 4 is 0 Å². The maximum atomic E-state index is 4.66. The SMILES string of the molecule is Cc1ccc(C(C)C)c(-c2ccccc2)n1. The number of pyridine rings is 1. The second kappa shape index (κ2) is 4.48. The Kier molecular flexibility index (Phi) is 3.04. The largest absolute Gasteiger partial charge is 0.253 e. The van der Waals surface area contributed by atoms with Crippen LogP contribution in [0.3, 0.4) is 0 Å². The highest BCUT2D eigenvalue weighted by atomic mass is 14.7. The number of benzene rings is 1. The van der Waals surface area contributed by atoms with Gasteiger partial charge in [0, 0.05) is 11.3 Å². The summed E-state index contributed by atoms with van der Waals surface area (Å²) < 4.78 is 0. The Morgan fingerprint density at radius 2 is 1.62 bits per heavy atom. The molecule has 0 bridgehead atoms. The van der Waals surface area contributed by atoms with E-state index in [-0.39, 0.29) is 0 Å². The van der Waals surface area contributed by atoms with E-state index in [0.717, 1.165) is 11.4 Å². The number of hydrogen-bond donors (Lipinski definition) is 0. The zero-order valence-electron chi connectivity index (χ0n) is 10.1. The third-order valence-corrected chi connectivity index (χ3v) is 2.73. The van der Waals surface area contributed by atoms with Gasteiger partial charge in [0.05, 0.1) is 5.69 Å². The number of aromatic nitrogens is 1. The minimum absolute atomic E-state index is 0.503. The molecule has 0 atom stereocenters. The molecule has 0 aliphatic heterocycles. The summed E-state index contributed by atoms with van der Waals surface area (Å²) in [6, 6.07) is 14.7. The van der Waals surface area contributed by atoms with Crippen LogP contribution >= 0.6 is 0 Å². The van der Waals surface area contributed by atoms with Gasteiger partial charge < -0.3 is 0 Å². The maximum absolute atomic E-state index is 4.66. The summed E-state index contributed by atoms with van der Waals surface area (Å²) in [5.41, 5.74) is 4.71. The third-order valence-electron chi connectivity index (χ3n) is 2.73. The van der Waals surface area contributed by atoms with Crippen LogP contribution in [0.1, 0.15) is 31.0 Å². The Bertz CT molecular complexity index is 472. The van der Waals surface area contributed by atoms with E-state index in [0.29, 0.717) is 5.92 Å². The van der Waals surface area contributed by atoms with Crippen molar-refractivity contribution < 1.29 is 0 Å². The van der Waals surface area contributed by atoms with Crippen molar-refractivity contribution in [1.82, 2.24) is 4.98 Å². The fourth-order valence-corrected chi connectivity index (χ4v) is 1.86. The van der Waals surface area contributed by atoms with Crippen LogP contribution in [-0.4, -0.2) is 4.98 Å². The van der Waals surface area contributed by atoms with Crippen molar-refractivity contribution in [2.75, 3.05) is 0 Å². The molecule has 1 heterocycles. The first-order valence-corrected chi connectivity index (χ1v) is 5.71. The van der Waals surface area contributed by atoms with Crippen LogP contribution in [0.5, 0.6) is 0 Å². The van der Waals surface area contributed by atoms with E-state index < -0.39 is 0 Å². The van der Waals surface area contributed by atoms with Gasteiger partial charge in [-0.2, -0.15) is 0 Å². The summed E-state index contributed by atoms with van der Waals surface area (Å²) in [6.45, 7) is 6.45. The molecule has 0 amide bonds. The summed E-state index contributed by atoms with van der Waals surface area (Å²) in [4.78, 5) is 4.66. The van der Waals surface area contributed by atoms with Gasteiger partial charge in [-0.15, -0.1) is 0 Å². The first-order chi connectivity index (χ1) is 7.68. The molecule has 0 fully saturated rings. The summed E-state index contributed by atoms with van der Waals surface area (Å²) in [5.74, 6) is 0.503. The average Bonchev–Trinajstić information content (AvgIpc) is 2.29. The molecule has 0 saturated heterocycles. The van der Waals surface area contributed by atoms with Gasteiger partial charge in [-0.3, -0.25) is 4.98 Å². The van der Waals surface area contributed by atoms with Crippen LogP contribution in [0.15, 0.2) is 42.5 Å². The maximum Gasteiger partial charge on any atom is 0.0739 e. The van der Waals surface area contributed by atoms with Crippen molar-refractivity contribution in [2.45, 2.75) is 26.7 Å². The smallest absolute Gasteiger partial charge is 0.0739 e. The molecule has 0 spiro atoms. The Morgan fingerprint density at radius 3 is 2.25 bits per heavy atom. The van der Waals surface area contributed by atoms with Crippen molar-refractivity contribution in [2.24, 2.45) is 0 Å². The molecule has 0 unspecified atom stereocenters. The number of rotatable bonds is 2. The van der Waals surface area contributed by atoms with E-state index in [4.69, 9.17) is 0 Å². The monoisotopic (exact) mass is 211 g/mol. The average molecular weight is 211 g/mol. The van der Waals surface area contributed by atoms with Crippen LogP contribution in [0, 0.1) is 6.92 Å². The Labute approximate surface area is 97.2 Å². The van der Waals surface area contributed by atoms with Crippen LogP contribution in [0.25, 0.3) is 11.3 Å². The summed E-state index contributed by atoms with van der Waals surface area (Å²) >= 11 is 0. The molecule has 0 aliphatic rings. The number of aryl methyl sites for hydroxylation is 1. The third kappa shape index (κ3) is 2.13. The van der Waals surface area contributed by atoms with Crippen LogP contribution in [0.4, 0.5) is 0 Å². The van der Waals surface area contributed by atoms with E-state index in [1.807, 2.05) is 13.0 Å². The summed E-state index contributed by atoms with van der Waals surface area (Å²) in [5, 5.41) is 0. The number of nitrogens with zero attached hydrogens (tertiary/aromatic N) is 1. The van der Waals surface area contributed by atoms with Gasteiger partial charge in [0.25, 0.3) is 0 Å². The van der Waals surface area contributed by atoms with Gasteiger partial charge in [-0.05, 0) is 24.5 Å². The lowest BCUT2D eigenvalue weighted by Crippen LogP contribution is -1.96. The molecule has 0 saturated carbocycles. The van der Waals surface area contributed by atoms with E-state index >= 15 is 0 Å². The lowest BCUT2D eigenvalue weighted by Gasteiger charge is -2.12. The van der Waals surface area contributed by atoms with Gasteiger partial charge in [0.2, 0.25) is 0 Å². The quantitative estimate of drug-likeness (QED) is 0.726. The van der Waals surface area contributed by atoms with E-state index in [1.54, 1.807) is 0 Å². The zero-order chi connectivity index (χ0) is 11.5. The van der Waals surface area contributed by atoms with E-state index in [9.17, 15) is 0 Å². The van der Waals surface area contributed by atoms with Gasteiger partial charge >= 0.3 is 0 Å². The fourth-order valence-electron chi connectivity index (χ4n) is 1.86. The molecule has 1 aromatic heterocycles. The lowest BCUT2D eigenvalue weighted by atomic mass is 9.97. The van der Waals surface area contributed by atoms with E-state index in [1.165, 1.54) is 11.1 Å². The van der Waals surface area contributed by atoms with Gasteiger partial charge in [-0.1, -0.05) is 50.2 Å². The highest BCUT2D eigenvalue weighted by Gasteiger charge is 2.09. The Hall–Kier alpha value is -1.63. The predicted octanol–water partition coefficient (Wildman–Crippen LogP) is 4.18. The van der Waals surface area contributed by atoms with Gasteiger partial charge in [0.15, 0.2) is 0 Å². The fraction of sp³-hybridized carbons (Fsp3) is 0.267. The standard InChI is InChI=1S/C15H17N/c1-11(2)14-10-9-12(3)16-15(14)13-7-5-4-6-8-13/h4-11H,1-3H3. The molecule has 0 N–H and O–H groups in total. The van der Waals surface area contributed by atoms with Crippen molar-refractivity contribution in [3.8, 4) is 11.3 Å². The van der Waals surface area contributed by atoms with Crippen LogP contribution in [0.2, 0.25) is 0 Å². The normalized spacial score (nSPS) is 10.8. The highest BCUT2D eigenvalue weighted by Crippen LogP contribution is 2.27. The molecular formula is C15H17N. The minimum atomic E-state index is 0.503. The Balaban J connectivity index is 2.58. The Morgan fingerprint density at radius 1 is 0.938 bits per heavy atom. The summed E-state index contributed by atoms with van der Waals surface area (Å²) in [6.07, 6.45) is 0. The van der Waals surface area contributed by atoms with Gasteiger partial charge in [0.1, 0.15) is 0 Å². The molecular weight excluding hydrogens is 194 g/mol. The van der Waals surface area contributed by atoms with Crippen molar-refractivity contribution in [1.29, 1.82) is 0 Å². The molecule has 0 aliphatic carbocycles. The minimum Gasteiger partial charge on any atom is -0.253 e. The van der Waals surface area contributed by atoms with Gasteiger partial charge in [-0.25, -0.2) is 0 Å². The molecule has 2 rings (SSSR count).